The van der Waals surface area contributed by atoms with Gasteiger partial charge in [-0.1, -0.05) is 25.6 Å². The Morgan fingerprint density at radius 1 is 1.44 bits per heavy atom. The lowest BCUT2D eigenvalue weighted by molar-refractivity contribution is 0.317. The lowest BCUT2D eigenvalue weighted by Crippen LogP contribution is -2.42. The van der Waals surface area contributed by atoms with Gasteiger partial charge in [0.1, 0.15) is 5.82 Å². The van der Waals surface area contributed by atoms with Crippen LogP contribution in [0.4, 0.5) is 0 Å². The molecule has 0 radical (unpaired) electrons. The molecule has 102 valence electrons. The molecule has 1 heterocycles. The van der Waals surface area contributed by atoms with E-state index in [0.717, 1.165) is 23.4 Å². The van der Waals surface area contributed by atoms with Gasteiger partial charge >= 0.3 is 0 Å². The van der Waals surface area contributed by atoms with Crippen LogP contribution in [0.1, 0.15) is 45.4 Å². The number of aryl methyl sites for hydroxylation is 1. The molecule has 5 heteroatoms. The largest absolute Gasteiger partial charge is 0.313 e. The van der Waals surface area contributed by atoms with Crippen LogP contribution in [0, 0.1) is 12.8 Å². The van der Waals surface area contributed by atoms with Crippen molar-refractivity contribution in [1.82, 2.24) is 20.5 Å². The molecule has 3 atom stereocenters. The Morgan fingerprint density at radius 2 is 2.28 bits per heavy atom. The first kappa shape index (κ1) is 13.9. The van der Waals surface area contributed by atoms with Crippen LogP contribution in [0.3, 0.4) is 0 Å². The summed E-state index contributed by atoms with van der Waals surface area (Å²) in [4.78, 5) is 4.41. The van der Waals surface area contributed by atoms with Crippen LogP contribution in [-0.4, -0.2) is 33.0 Å². The van der Waals surface area contributed by atoms with Gasteiger partial charge in [0.05, 0.1) is 0 Å². The van der Waals surface area contributed by atoms with E-state index in [1.165, 1.54) is 25.7 Å². The van der Waals surface area contributed by atoms with E-state index in [2.05, 4.69) is 34.3 Å². The summed E-state index contributed by atoms with van der Waals surface area (Å²) in [5.41, 5.74) is 0. The third kappa shape index (κ3) is 3.72. The Bertz CT molecular complexity index is 364. The summed E-state index contributed by atoms with van der Waals surface area (Å²) < 4.78 is 0. The summed E-state index contributed by atoms with van der Waals surface area (Å²) in [5.74, 6) is 1.72. The van der Waals surface area contributed by atoms with E-state index in [0.29, 0.717) is 11.3 Å². The van der Waals surface area contributed by atoms with Crippen molar-refractivity contribution in [2.45, 2.75) is 62.9 Å². The van der Waals surface area contributed by atoms with Gasteiger partial charge in [0, 0.05) is 11.3 Å². The minimum absolute atomic E-state index is 0.607. The molecule has 0 aliphatic heterocycles. The van der Waals surface area contributed by atoms with Crippen molar-refractivity contribution in [2.75, 3.05) is 6.54 Å². The van der Waals surface area contributed by atoms with Gasteiger partial charge in [0.25, 0.3) is 0 Å². The first-order chi connectivity index (χ1) is 8.69. The highest BCUT2D eigenvalue weighted by Gasteiger charge is 2.29. The highest BCUT2D eigenvalue weighted by atomic mass is 32.2. The zero-order valence-electron chi connectivity index (χ0n) is 11.6. The van der Waals surface area contributed by atoms with E-state index >= 15 is 0 Å². The number of H-pyrrole nitrogens is 1. The Morgan fingerprint density at radius 3 is 2.94 bits per heavy atom. The smallest absolute Gasteiger partial charge is 0.208 e. The average molecular weight is 268 g/mol. The van der Waals surface area contributed by atoms with Crippen molar-refractivity contribution in [3.8, 4) is 0 Å². The van der Waals surface area contributed by atoms with E-state index in [-0.39, 0.29) is 0 Å². The number of aromatic amines is 1. The predicted octanol–water partition coefficient (Wildman–Crippen LogP) is 2.76. The van der Waals surface area contributed by atoms with Gasteiger partial charge in [-0.05, 0) is 45.1 Å². The van der Waals surface area contributed by atoms with Gasteiger partial charge in [-0.2, -0.15) is 0 Å². The van der Waals surface area contributed by atoms with E-state index in [1.807, 2.05) is 18.7 Å². The van der Waals surface area contributed by atoms with Crippen LogP contribution in [0.15, 0.2) is 5.16 Å². The third-order valence-electron chi connectivity index (χ3n) is 3.54. The minimum Gasteiger partial charge on any atom is -0.313 e. The number of rotatable bonds is 5. The zero-order chi connectivity index (χ0) is 13.0. The fourth-order valence-corrected chi connectivity index (χ4v) is 3.91. The van der Waals surface area contributed by atoms with Crippen LogP contribution < -0.4 is 5.32 Å². The summed E-state index contributed by atoms with van der Waals surface area (Å²) in [5, 5.41) is 12.4. The van der Waals surface area contributed by atoms with Gasteiger partial charge in [-0.15, -0.1) is 5.10 Å². The Hall–Kier alpha value is -0.550. The maximum absolute atomic E-state index is 4.41. The molecule has 1 fully saturated rings. The maximum atomic E-state index is 4.41. The number of aromatic nitrogens is 3. The second kappa shape index (κ2) is 6.57. The maximum Gasteiger partial charge on any atom is 0.208 e. The molecule has 18 heavy (non-hydrogen) atoms. The molecule has 1 saturated carbocycles. The molecule has 0 saturated heterocycles. The molecule has 4 nitrogen and oxygen atoms in total. The van der Waals surface area contributed by atoms with Gasteiger partial charge < -0.3 is 5.32 Å². The first-order valence-corrected chi connectivity index (χ1v) is 7.86. The number of nitrogens with one attached hydrogen (secondary N) is 2. The van der Waals surface area contributed by atoms with Crippen molar-refractivity contribution in [3.63, 3.8) is 0 Å². The van der Waals surface area contributed by atoms with E-state index in [4.69, 9.17) is 0 Å². The lowest BCUT2D eigenvalue weighted by Gasteiger charge is -2.34. The number of hydrogen-bond acceptors (Lipinski definition) is 4. The highest BCUT2D eigenvalue weighted by Crippen LogP contribution is 2.35. The number of nitrogens with zero attached hydrogens (tertiary/aromatic N) is 2. The summed E-state index contributed by atoms with van der Waals surface area (Å²) in [6.45, 7) is 7.64. The second-order valence-electron chi connectivity index (χ2n) is 5.34. The molecule has 1 aromatic heterocycles. The Labute approximate surface area is 114 Å². The molecule has 0 aromatic carbocycles. The second-order valence-corrected chi connectivity index (χ2v) is 6.54. The molecule has 0 bridgehead atoms. The predicted molar refractivity (Wildman–Crippen MR) is 75.9 cm³/mol. The van der Waals surface area contributed by atoms with Crippen molar-refractivity contribution < 1.29 is 0 Å². The van der Waals surface area contributed by atoms with Gasteiger partial charge in [0.15, 0.2) is 0 Å². The highest BCUT2D eigenvalue weighted by molar-refractivity contribution is 7.99. The van der Waals surface area contributed by atoms with Crippen molar-refractivity contribution in [3.05, 3.63) is 5.82 Å². The van der Waals surface area contributed by atoms with Gasteiger partial charge in [0.2, 0.25) is 5.16 Å². The molecule has 1 aliphatic rings. The summed E-state index contributed by atoms with van der Waals surface area (Å²) in [6.07, 6.45) is 5.08. The molecule has 0 spiro atoms. The summed E-state index contributed by atoms with van der Waals surface area (Å²) in [6, 6.07) is 0.616. The summed E-state index contributed by atoms with van der Waals surface area (Å²) in [7, 11) is 0. The average Bonchev–Trinajstić information content (AvgIpc) is 2.74. The van der Waals surface area contributed by atoms with Gasteiger partial charge in [-0.3, -0.25) is 5.10 Å². The lowest BCUT2D eigenvalue weighted by atomic mass is 9.87. The molecule has 1 aromatic rings. The van der Waals surface area contributed by atoms with Crippen LogP contribution in [0.25, 0.3) is 0 Å². The van der Waals surface area contributed by atoms with Crippen LogP contribution in [0.2, 0.25) is 0 Å². The van der Waals surface area contributed by atoms with Crippen molar-refractivity contribution in [2.24, 2.45) is 5.92 Å². The molecule has 0 amide bonds. The minimum atomic E-state index is 0.607. The Balaban J connectivity index is 1.96. The molecule has 1 aliphatic carbocycles. The van der Waals surface area contributed by atoms with E-state index in [9.17, 15) is 0 Å². The van der Waals surface area contributed by atoms with Crippen LogP contribution in [-0.2, 0) is 0 Å². The molecule has 2 N–H and O–H groups in total. The van der Waals surface area contributed by atoms with E-state index < -0.39 is 0 Å². The zero-order valence-corrected chi connectivity index (χ0v) is 12.4. The first-order valence-electron chi connectivity index (χ1n) is 6.98. The fraction of sp³-hybridized carbons (Fsp3) is 0.846. The third-order valence-corrected chi connectivity index (χ3v) is 4.76. The SMILES string of the molecule is CCCNC1CCC(C)CC1Sc1n[nH]c(C)n1. The molecule has 2 rings (SSSR count). The molecular formula is C13H24N4S. The van der Waals surface area contributed by atoms with Gasteiger partial charge in [-0.25, -0.2) is 4.98 Å². The number of thioether (sulfide) groups is 1. The van der Waals surface area contributed by atoms with Crippen molar-refractivity contribution in [1.29, 1.82) is 0 Å². The van der Waals surface area contributed by atoms with E-state index in [1.54, 1.807) is 0 Å². The van der Waals surface area contributed by atoms with Crippen LogP contribution >= 0.6 is 11.8 Å². The van der Waals surface area contributed by atoms with Crippen LogP contribution in [0.5, 0.6) is 0 Å². The molecule has 3 unspecified atom stereocenters. The monoisotopic (exact) mass is 268 g/mol. The molecular weight excluding hydrogens is 244 g/mol. The summed E-state index contributed by atoms with van der Waals surface area (Å²) >= 11 is 1.83. The normalized spacial score (nSPS) is 28.5. The number of hydrogen-bond donors (Lipinski definition) is 2. The van der Waals surface area contributed by atoms with Crippen molar-refractivity contribution >= 4 is 11.8 Å². The fourth-order valence-electron chi connectivity index (χ4n) is 2.53. The topological polar surface area (TPSA) is 53.6 Å². The standard InChI is InChI=1S/C13H24N4S/c1-4-7-14-11-6-5-9(2)8-12(11)18-13-15-10(3)16-17-13/h9,11-12,14H,4-8H2,1-3H3,(H,15,16,17). The Kier molecular flexibility index (Phi) is 5.06. The quantitative estimate of drug-likeness (QED) is 0.862.